The Morgan fingerprint density at radius 3 is 2.75 bits per heavy atom. The van der Waals surface area contributed by atoms with Gasteiger partial charge in [0.1, 0.15) is 5.75 Å². The number of aromatic carboxylic acids is 1. The molecule has 0 aliphatic carbocycles. The molecular formula is C12H15NO3. The summed E-state index contributed by atoms with van der Waals surface area (Å²) in [6.45, 7) is 3.02. The SMILES string of the molecule is COc1ccc(N2CCC2C)c(C(=O)O)c1. The predicted octanol–water partition coefficient (Wildman–Crippen LogP) is 1.99. The second-order valence-corrected chi connectivity index (χ2v) is 4.02. The monoisotopic (exact) mass is 221 g/mol. The van der Waals surface area contributed by atoms with Crippen molar-refractivity contribution in [2.45, 2.75) is 19.4 Å². The number of methoxy groups -OCH3 is 1. The highest BCUT2D eigenvalue weighted by Crippen LogP contribution is 2.31. The summed E-state index contributed by atoms with van der Waals surface area (Å²) >= 11 is 0. The number of carboxylic acids is 1. The van der Waals surface area contributed by atoms with Gasteiger partial charge in [-0.25, -0.2) is 4.79 Å². The zero-order valence-electron chi connectivity index (χ0n) is 9.43. The van der Waals surface area contributed by atoms with Gasteiger partial charge in [-0.05, 0) is 31.5 Å². The van der Waals surface area contributed by atoms with Crippen molar-refractivity contribution in [2.24, 2.45) is 0 Å². The molecule has 1 aliphatic heterocycles. The number of benzene rings is 1. The van der Waals surface area contributed by atoms with Gasteiger partial charge in [0, 0.05) is 12.6 Å². The molecule has 0 spiro atoms. The molecule has 1 atom stereocenters. The van der Waals surface area contributed by atoms with Gasteiger partial charge in [-0.2, -0.15) is 0 Å². The predicted molar refractivity (Wildman–Crippen MR) is 61.4 cm³/mol. The van der Waals surface area contributed by atoms with Crippen molar-refractivity contribution in [2.75, 3.05) is 18.6 Å². The molecule has 0 amide bonds. The lowest BCUT2D eigenvalue weighted by Crippen LogP contribution is -2.46. The molecule has 0 bridgehead atoms. The Kier molecular flexibility index (Phi) is 2.73. The second-order valence-electron chi connectivity index (χ2n) is 4.02. The number of carboxylic acid groups (broad SMARTS) is 1. The van der Waals surface area contributed by atoms with Crippen LogP contribution >= 0.6 is 0 Å². The molecule has 1 aromatic carbocycles. The van der Waals surface area contributed by atoms with E-state index in [2.05, 4.69) is 11.8 Å². The van der Waals surface area contributed by atoms with Crippen LogP contribution in [0.15, 0.2) is 18.2 Å². The van der Waals surface area contributed by atoms with Crippen molar-refractivity contribution in [1.29, 1.82) is 0 Å². The van der Waals surface area contributed by atoms with Gasteiger partial charge in [-0.1, -0.05) is 0 Å². The highest BCUT2D eigenvalue weighted by molar-refractivity contribution is 5.95. The number of ether oxygens (including phenoxy) is 1. The fraction of sp³-hybridized carbons (Fsp3) is 0.417. The molecule has 86 valence electrons. The van der Waals surface area contributed by atoms with Gasteiger partial charge in [0.15, 0.2) is 0 Å². The van der Waals surface area contributed by atoms with Crippen molar-refractivity contribution in [3.8, 4) is 5.75 Å². The zero-order valence-corrected chi connectivity index (χ0v) is 9.43. The maximum Gasteiger partial charge on any atom is 0.337 e. The minimum Gasteiger partial charge on any atom is -0.497 e. The molecule has 4 nitrogen and oxygen atoms in total. The third-order valence-corrected chi connectivity index (χ3v) is 3.06. The molecule has 0 saturated carbocycles. The first kappa shape index (κ1) is 10.8. The molecule has 2 rings (SSSR count). The van der Waals surface area contributed by atoms with E-state index in [1.165, 1.54) is 7.11 Å². The number of anilines is 1. The van der Waals surface area contributed by atoms with Crippen molar-refractivity contribution in [1.82, 2.24) is 0 Å². The lowest BCUT2D eigenvalue weighted by molar-refractivity contribution is 0.0697. The summed E-state index contributed by atoms with van der Waals surface area (Å²) in [4.78, 5) is 13.3. The van der Waals surface area contributed by atoms with Crippen LogP contribution in [0.25, 0.3) is 0 Å². The molecule has 1 unspecified atom stereocenters. The molecule has 1 N–H and O–H groups in total. The quantitative estimate of drug-likeness (QED) is 0.848. The summed E-state index contributed by atoms with van der Waals surface area (Å²) in [5.41, 5.74) is 1.10. The van der Waals surface area contributed by atoms with E-state index in [9.17, 15) is 4.79 Å². The third kappa shape index (κ3) is 1.71. The summed E-state index contributed by atoms with van der Waals surface area (Å²) in [5, 5.41) is 9.16. The smallest absolute Gasteiger partial charge is 0.337 e. The van der Waals surface area contributed by atoms with Crippen molar-refractivity contribution in [3.63, 3.8) is 0 Å². The van der Waals surface area contributed by atoms with Gasteiger partial charge in [0.05, 0.1) is 18.4 Å². The average Bonchev–Trinajstić information content (AvgIpc) is 2.27. The van der Waals surface area contributed by atoms with Crippen molar-refractivity contribution < 1.29 is 14.6 Å². The highest BCUT2D eigenvalue weighted by atomic mass is 16.5. The van der Waals surface area contributed by atoms with Gasteiger partial charge in [-0.15, -0.1) is 0 Å². The lowest BCUT2D eigenvalue weighted by atomic mass is 10.0. The Morgan fingerprint density at radius 2 is 2.31 bits per heavy atom. The Morgan fingerprint density at radius 1 is 1.56 bits per heavy atom. The molecular weight excluding hydrogens is 206 g/mol. The minimum absolute atomic E-state index is 0.311. The average molecular weight is 221 g/mol. The molecule has 0 aromatic heterocycles. The van der Waals surface area contributed by atoms with Gasteiger partial charge >= 0.3 is 5.97 Å². The van der Waals surface area contributed by atoms with Crippen LogP contribution in [0.2, 0.25) is 0 Å². The lowest BCUT2D eigenvalue weighted by Gasteiger charge is -2.41. The number of nitrogens with zero attached hydrogens (tertiary/aromatic N) is 1. The molecule has 0 radical (unpaired) electrons. The zero-order chi connectivity index (χ0) is 11.7. The van der Waals surface area contributed by atoms with Crippen LogP contribution in [0.4, 0.5) is 5.69 Å². The first-order chi connectivity index (χ1) is 7.63. The van der Waals surface area contributed by atoms with E-state index in [0.29, 0.717) is 17.4 Å². The normalized spacial score (nSPS) is 19.1. The van der Waals surface area contributed by atoms with E-state index in [1.54, 1.807) is 12.1 Å². The number of carbonyl (C=O) groups is 1. The van der Waals surface area contributed by atoms with Crippen LogP contribution in [0.1, 0.15) is 23.7 Å². The second kappa shape index (κ2) is 4.04. The fourth-order valence-electron chi connectivity index (χ4n) is 1.94. The minimum atomic E-state index is -0.909. The largest absolute Gasteiger partial charge is 0.497 e. The molecule has 1 heterocycles. The van der Waals surface area contributed by atoms with E-state index >= 15 is 0 Å². The van der Waals surface area contributed by atoms with Gasteiger partial charge in [0.25, 0.3) is 0 Å². The van der Waals surface area contributed by atoms with Crippen LogP contribution in [-0.4, -0.2) is 30.8 Å². The molecule has 1 aromatic rings. The summed E-state index contributed by atoms with van der Waals surface area (Å²) in [5.74, 6) is -0.331. The van der Waals surface area contributed by atoms with Crippen LogP contribution in [0, 0.1) is 0 Å². The number of rotatable bonds is 3. The maximum atomic E-state index is 11.2. The molecule has 4 heteroatoms. The number of hydrogen-bond acceptors (Lipinski definition) is 3. The van der Waals surface area contributed by atoms with Crippen molar-refractivity contribution >= 4 is 11.7 Å². The standard InChI is InChI=1S/C12H15NO3/c1-8-5-6-13(8)11-4-3-9(16-2)7-10(11)12(14)15/h3-4,7-8H,5-6H2,1-2H3,(H,14,15). The van der Waals surface area contributed by atoms with E-state index in [0.717, 1.165) is 18.7 Å². The number of hydrogen-bond donors (Lipinski definition) is 1. The Labute approximate surface area is 94.4 Å². The molecule has 16 heavy (non-hydrogen) atoms. The molecule has 1 aliphatic rings. The Bertz CT molecular complexity index is 417. The van der Waals surface area contributed by atoms with Crippen LogP contribution in [-0.2, 0) is 0 Å². The van der Waals surface area contributed by atoms with Crippen LogP contribution in [0.5, 0.6) is 5.75 Å². The van der Waals surface area contributed by atoms with Crippen molar-refractivity contribution in [3.05, 3.63) is 23.8 Å². The molecule has 1 fully saturated rings. The first-order valence-electron chi connectivity index (χ1n) is 5.31. The Hall–Kier alpha value is -1.71. The summed E-state index contributed by atoms with van der Waals surface area (Å²) in [6, 6.07) is 5.61. The van der Waals surface area contributed by atoms with E-state index in [-0.39, 0.29) is 0 Å². The Balaban J connectivity index is 2.40. The van der Waals surface area contributed by atoms with Gasteiger partial charge in [0.2, 0.25) is 0 Å². The van der Waals surface area contributed by atoms with Crippen LogP contribution in [0.3, 0.4) is 0 Å². The summed E-state index contributed by atoms with van der Waals surface area (Å²) < 4.78 is 5.04. The summed E-state index contributed by atoms with van der Waals surface area (Å²) in [6.07, 6.45) is 1.12. The first-order valence-corrected chi connectivity index (χ1v) is 5.31. The van der Waals surface area contributed by atoms with Gasteiger partial charge < -0.3 is 14.7 Å². The van der Waals surface area contributed by atoms with E-state index < -0.39 is 5.97 Å². The molecule has 1 saturated heterocycles. The fourth-order valence-corrected chi connectivity index (χ4v) is 1.94. The summed E-state index contributed by atoms with van der Waals surface area (Å²) in [7, 11) is 1.53. The topological polar surface area (TPSA) is 49.8 Å². The third-order valence-electron chi connectivity index (χ3n) is 3.06. The maximum absolute atomic E-state index is 11.2. The van der Waals surface area contributed by atoms with E-state index in [4.69, 9.17) is 9.84 Å². The van der Waals surface area contributed by atoms with E-state index in [1.807, 2.05) is 6.07 Å². The highest BCUT2D eigenvalue weighted by Gasteiger charge is 2.27. The van der Waals surface area contributed by atoms with Crippen LogP contribution < -0.4 is 9.64 Å². The van der Waals surface area contributed by atoms with Gasteiger partial charge in [-0.3, -0.25) is 0 Å².